The Morgan fingerprint density at radius 3 is 2.41 bits per heavy atom. The van der Waals surface area contributed by atoms with Crippen molar-refractivity contribution in [1.29, 1.82) is 0 Å². The summed E-state index contributed by atoms with van der Waals surface area (Å²) >= 11 is 0. The monoisotopic (exact) mass is 248 g/mol. The number of hydrogen-bond acceptors (Lipinski definition) is 1. The Bertz CT molecular complexity index is 356. The summed E-state index contributed by atoms with van der Waals surface area (Å²) in [5.74, 6) is 3.46. The lowest BCUT2D eigenvalue weighted by Gasteiger charge is -2.20. The maximum atomic E-state index is 5.20. The molecule has 0 heterocycles. The number of hydrogen-bond donors (Lipinski definition) is 0. The molecule has 0 saturated carbocycles. The lowest BCUT2D eigenvalue weighted by Crippen LogP contribution is -2.29. The average Bonchev–Trinajstić information content (AvgIpc) is 2.80. The van der Waals surface area contributed by atoms with Gasteiger partial charge in [0.15, 0.2) is 0 Å². The van der Waals surface area contributed by atoms with Crippen LogP contribution in [-0.4, -0.2) is 21.8 Å². The van der Waals surface area contributed by atoms with Crippen molar-refractivity contribution >= 4 is 8.07 Å². The zero-order chi connectivity index (χ0) is 12.7. The molecule has 0 spiro atoms. The van der Waals surface area contributed by atoms with E-state index in [4.69, 9.17) is 4.74 Å². The third-order valence-electron chi connectivity index (χ3n) is 3.84. The Labute approximate surface area is 107 Å². The van der Waals surface area contributed by atoms with Gasteiger partial charge in [0.25, 0.3) is 0 Å². The van der Waals surface area contributed by atoms with Crippen LogP contribution in [0, 0.1) is 11.5 Å². The summed E-state index contributed by atoms with van der Waals surface area (Å²) in [5, 5.41) is 0. The predicted octanol–water partition coefficient (Wildman–Crippen LogP) is 3.94. The fourth-order valence-corrected chi connectivity index (χ4v) is 4.64. The lowest BCUT2D eigenvalue weighted by atomic mass is 10.2. The molecule has 0 aliphatic heterocycles. The van der Waals surface area contributed by atoms with E-state index in [9.17, 15) is 0 Å². The van der Waals surface area contributed by atoms with Gasteiger partial charge in [-0.05, 0) is 30.1 Å². The summed E-state index contributed by atoms with van der Waals surface area (Å²) in [6.45, 7) is 7.58. The summed E-state index contributed by atoms with van der Waals surface area (Å²) in [6, 6.07) is 3.81. The minimum absolute atomic E-state index is 0.694. The van der Waals surface area contributed by atoms with Crippen molar-refractivity contribution in [3.05, 3.63) is 23.3 Å². The van der Waals surface area contributed by atoms with Crippen molar-refractivity contribution in [2.24, 2.45) is 0 Å². The maximum Gasteiger partial charge on any atom is 0.138 e. The molecular formula is C15H24OSi. The van der Waals surface area contributed by atoms with E-state index in [-0.39, 0.29) is 0 Å². The topological polar surface area (TPSA) is 9.23 Å². The molecule has 1 aliphatic carbocycles. The summed E-state index contributed by atoms with van der Waals surface area (Å²) in [7, 11) is 0.442. The van der Waals surface area contributed by atoms with Gasteiger partial charge >= 0.3 is 0 Å². The molecule has 1 rings (SSSR count). The van der Waals surface area contributed by atoms with Gasteiger partial charge in [-0.2, -0.15) is 0 Å². The molecule has 0 amide bonds. The van der Waals surface area contributed by atoms with E-state index in [1.807, 2.05) is 0 Å². The van der Waals surface area contributed by atoms with Crippen molar-refractivity contribution < 1.29 is 4.74 Å². The maximum absolute atomic E-state index is 5.20. The van der Waals surface area contributed by atoms with Gasteiger partial charge in [-0.3, -0.25) is 0 Å². The summed E-state index contributed by atoms with van der Waals surface area (Å²) in [6.07, 6.45) is 5.33. The Kier molecular flexibility index (Phi) is 5.74. The molecule has 2 heteroatoms. The quantitative estimate of drug-likeness (QED) is 0.529. The van der Waals surface area contributed by atoms with Crippen LogP contribution in [0.15, 0.2) is 23.3 Å². The van der Waals surface area contributed by atoms with Crippen LogP contribution in [0.1, 0.15) is 27.2 Å². The van der Waals surface area contributed by atoms with E-state index in [0.717, 1.165) is 6.42 Å². The zero-order valence-electron chi connectivity index (χ0n) is 11.6. The summed E-state index contributed by atoms with van der Waals surface area (Å²) in [5.41, 5.74) is 6.19. The molecule has 0 unspecified atom stereocenters. The molecule has 0 aromatic rings. The molecule has 94 valence electrons. The first-order valence-electron chi connectivity index (χ1n) is 6.62. The van der Waals surface area contributed by atoms with E-state index >= 15 is 0 Å². The van der Waals surface area contributed by atoms with Gasteiger partial charge in [0.2, 0.25) is 0 Å². The normalized spacial score (nSPS) is 15.1. The number of ether oxygens (including phenoxy) is 1. The highest BCUT2D eigenvalue weighted by Gasteiger charge is 2.24. The van der Waals surface area contributed by atoms with Gasteiger partial charge in [0, 0.05) is 12.7 Å². The first-order chi connectivity index (χ1) is 8.21. The second-order valence-electron chi connectivity index (χ2n) is 4.63. The molecule has 0 aromatic heterocycles. The van der Waals surface area contributed by atoms with Gasteiger partial charge in [-0.25, -0.2) is 0 Å². The standard InChI is InChI=1S/C15H24OSi/c1-5-17(6-2,7-3)12-11-14-9-8-10-15(14)13-16-4/h8,10H,5-7,9,13H2,1-4H3. The predicted molar refractivity (Wildman–Crippen MR) is 77.6 cm³/mol. The molecule has 17 heavy (non-hydrogen) atoms. The Balaban J connectivity index is 2.87. The van der Waals surface area contributed by atoms with E-state index in [2.05, 4.69) is 44.4 Å². The molecule has 0 aromatic carbocycles. The van der Waals surface area contributed by atoms with Crippen LogP contribution in [0.2, 0.25) is 18.1 Å². The highest BCUT2D eigenvalue weighted by Crippen LogP contribution is 2.22. The number of rotatable bonds is 5. The first-order valence-corrected chi connectivity index (χ1v) is 9.24. The Morgan fingerprint density at radius 2 is 1.88 bits per heavy atom. The Morgan fingerprint density at radius 1 is 1.24 bits per heavy atom. The fourth-order valence-electron chi connectivity index (χ4n) is 2.20. The number of allylic oxidation sites excluding steroid dienone is 2. The van der Waals surface area contributed by atoms with Gasteiger partial charge < -0.3 is 4.74 Å². The Hall–Kier alpha value is -0.783. The SMILES string of the molecule is CC[Si](C#CC1=C(COC)C=CC1)(CC)CC. The molecule has 0 atom stereocenters. The van der Waals surface area contributed by atoms with E-state index < -0.39 is 8.07 Å². The van der Waals surface area contributed by atoms with Crippen molar-refractivity contribution in [2.75, 3.05) is 13.7 Å². The van der Waals surface area contributed by atoms with Gasteiger partial charge in [-0.15, -0.1) is 5.54 Å². The van der Waals surface area contributed by atoms with Crippen molar-refractivity contribution in [3.63, 3.8) is 0 Å². The van der Waals surface area contributed by atoms with Crippen LogP contribution in [0.3, 0.4) is 0 Å². The van der Waals surface area contributed by atoms with Gasteiger partial charge in [0.1, 0.15) is 8.07 Å². The van der Waals surface area contributed by atoms with Crippen molar-refractivity contribution in [3.8, 4) is 11.5 Å². The zero-order valence-corrected chi connectivity index (χ0v) is 12.6. The number of methoxy groups -OCH3 is 1. The first kappa shape index (κ1) is 14.3. The summed E-state index contributed by atoms with van der Waals surface area (Å²) in [4.78, 5) is 0. The molecule has 0 fully saturated rings. The van der Waals surface area contributed by atoms with E-state index in [1.165, 1.54) is 29.3 Å². The van der Waals surface area contributed by atoms with Crippen LogP contribution in [-0.2, 0) is 4.74 Å². The van der Waals surface area contributed by atoms with Gasteiger partial charge in [0.05, 0.1) is 6.61 Å². The molecule has 1 nitrogen and oxygen atoms in total. The minimum Gasteiger partial charge on any atom is -0.380 e. The highest BCUT2D eigenvalue weighted by atomic mass is 28.3. The third-order valence-corrected chi connectivity index (χ3v) is 8.55. The van der Waals surface area contributed by atoms with Crippen LogP contribution in [0.4, 0.5) is 0 Å². The average molecular weight is 248 g/mol. The molecular weight excluding hydrogens is 224 g/mol. The second kappa shape index (κ2) is 6.83. The molecule has 1 aliphatic rings. The molecule has 0 radical (unpaired) electrons. The van der Waals surface area contributed by atoms with Crippen LogP contribution < -0.4 is 0 Å². The minimum atomic E-state index is -1.30. The van der Waals surface area contributed by atoms with Crippen molar-refractivity contribution in [2.45, 2.75) is 45.3 Å². The van der Waals surface area contributed by atoms with E-state index in [0.29, 0.717) is 6.61 Å². The largest absolute Gasteiger partial charge is 0.380 e. The van der Waals surface area contributed by atoms with Crippen LogP contribution in [0.5, 0.6) is 0 Å². The van der Waals surface area contributed by atoms with E-state index in [1.54, 1.807) is 7.11 Å². The second-order valence-corrected chi connectivity index (χ2v) is 9.57. The highest BCUT2D eigenvalue weighted by molar-refractivity contribution is 6.87. The fraction of sp³-hybridized carbons (Fsp3) is 0.600. The van der Waals surface area contributed by atoms with Crippen LogP contribution >= 0.6 is 0 Å². The molecule has 0 bridgehead atoms. The third kappa shape index (κ3) is 3.59. The van der Waals surface area contributed by atoms with Crippen molar-refractivity contribution in [1.82, 2.24) is 0 Å². The summed E-state index contributed by atoms with van der Waals surface area (Å²) < 4.78 is 5.20. The molecule has 0 saturated heterocycles. The lowest BCUT2D eigenvalue weighted by molar-refractivity contribution is 0.228. The van der Waals surface area contributed by atoms with Crippen LogP contribution in [0.25, 0.3) is 0 Å². The smallest absolute Gasteiger partial charge is 0.138 e. The molecule has 0 N–H and O–H groups in total. The van der Waals surface area contributed by atoms with Gasteiger partial charge in [-0.1, -0.05) is 38.8 Å².